The Kier molecular flexibility index (Phi) is 4.02. The summed E-state index contributed by atoms with van der Waals surface area (Å²) in [5.74, 6) is -1.53. The Balaban J connectivity index is 2.10. The third kappa shape index (κ3) is 2.96. The van der Waals surface area contributed by atoms with Crippen LogP contribution in [-0.4, -0.2) is 32.6 Å². The molecular weight excluding hydrogens is 258 g/mol. The number of hydrogen-bond donors (Lipinski definition) is 2. The van der Waals surface area contributed by atoms with Crippen LogP contribution in [-0.2, 0) is 16.1 Å². The lowest BCUT2D eigenvalue weighted by Crippen LogP contribution is -2.45. The predicted molar refractivity (Wildman–Crippen MR) is 74.1 cm³/mol. The first-order valence-corrected chi connectivity index (χ1v) is 6.41. The molecule has 0 aliphatic carbocycles. The number of para-hydroxylation sites is 2. The first-order valence-electron chi connectivity index (χ1n) is 6.41. The normalized spacial score (nSPS) is 12.6. The van der Waals surface area contributed by atoms with Gasteiger partial charge in [-0.3, -0.25) is 4.79 Å². The summed E-state index contributed by atoms with van der Waals surface area (Å²) in [6.07, 6.45) is 1.58. The summed E-state index contributed by atoms with van der Waals surface area (Å²) >= 11 is 0. The second-order valence-corrected chi connectivity index (χ2v) is 4.99. The molecule has 1 aromatic carbocycles. The molecule has 2 aromatic rings. The predicted octanol–water partition coefficient (Wildman–Crippen LogP) is 1.26. The van der Waals surface area contributed by atoms with Crippen LogP contribution in [0, 0.1) is 5.92 Å². The Hall–Kier alpha value is -2.37. The molecule has 0 saturated carbocycles. The third-order valence-electron chi connectivity index (χ3n) is 3.09. The van der Waals surface area contributed by atoms with Crippen LogP contribution in [0.3, 0.4) is 0 Å². The fourth-order valence-electron chi connectivity index (χ4n) is 2.02. The van der Waals surface area contributed by atoms with Crippen molar-refractivity contribution in [1.29, 1.82) is 0 Å². The minimum atomic E-state index is -1.02. The molecular formula is C14H17N3O3. The van der Waals surface area contributed by atoms with Crippen LogP contribution >= 0.6 is 0 Å². The molecule has 6 heteroatoms. The molecule has 20 heavy (non-hydrogen) atoms. The molecule has 2 N–H and O–H groups in total. The number of carbonyl (C=O) groups excluding carboxylic acids is 1. The monoisotopic (exact) mass is 275 g/mol. The molecule has 1 aromatic heterocycles. The Morgan fingerprint density at radius 2 is 2.05 bits per heavy atom. The maximum atomic E-state index is 12.0. The lowest BCUT2D eigenvalue weighted by atomic mass is 10.1. The maximum absolute atomic E-state index is 12.0. The lowest BCUT2D eigenvalue weighted by molar-refractivity contribution is -0.143. The number of benzene rings is 1. The van der Waals surface area contributed by atoms with Crippen LogP contribution in [0.15, 0.2) is 30.6 Å². The molecule has 0 fully saturated rings. The van der Waals surface area contributed by atoms with Gasteiger partial charge < -0.3 is 15.0 Å². The average molecular weight is 275 g/mol. The SMILES string of the molecule is CC(C)[C@@H](NC(=O)Cn1cnc2ccccc21)C(=O)O. The van der Waals surface area contributed by atoms with Gasteiger partial charge in [0.2, 0.25) is 5.91 Å². The van der Waals surface area contributed by atoms with Crippen molar-refractivity contribution in [1.82, 2.24) is 14.9 Å². The highest BCUT2D eigenvalue weighted by Crippen LogP contribution is 2.11. The second kappa shape index (κ2) is 5.73. The van der Waals surface area contributed by atoms with Crippen LogP contribution in [0.1, 0.15) is 13.8 Å². The van der Waals surface area contributed by atoms with E-state index in [1.54, 1.807) is 24.7 Å². The third-order valence-corrected chi connectivity index (χ3v) is 3.09. The first-order chi connectivity index (χ1) is 9.49. The summed E-state index contributed by atoms with van der Waals surface area (Å²) in [4.78, 5) is 27.2. The molecule has 0 spiro atoms. The molecule has 2 rings (SSSR count). The number of aliphatic carboxylic acids is 1. The molecule has 106 valence electrons. The zero-order valence-corrected chi connectivity index (χ0v) is 11.4. The molecule has 0 radical (unpaired) electrons. The zero-order valence-electron chi connectivity index (χ0n) is 11.4. The number of carboxylic acids is 1. The fraction of sp³-hybridized carbons (Fsp3) is 0.357. The van der Waals surface area contributed by atoms with Crippen molar-refractivity contribution in [3.63, 3.8) is 0 Å². The van der Waals surface area contributed by atoms with Gasteiger partial charge in [0.15, 0.2) is 0 Å². The summed E-state index contributed by atoms with van der Waals surface area (Å²) in [6, 6.07) is 6.59. The second-order valence-electron chi connectivity index (χ2n) is 4.99. The number of imidazole rings is 1. The van der Waals surface area contributed by atoms with Crippen LogP contribution in [0.2, 0.25) is 0 Å². The summed E-state index contributed by atoms with van der Waals surface area (Å²) in [7, 11) is 0. The van der Waals surface area contributed by atoms with Crippen LogP contribution in [0.5, 0.6) is 0 Å². The number of nitrogens with zero attached hydrogens (tertiary/aromatic N) is 2. The Morgan fingerprint density at radius 1 is 1.35 bits per heavy atom. The first kappa shape index (κ1) is 14.0. The molecule has 0 aliphatic rings. The number of amides is 1. The van der Waals surface area contributed by atoms with Crippen molar-refractivity contribution in [3.05, 3.63) is 30.6 Å². The number of aromatic nitrogens is 2. The van der Waals surface area contributed by atoms with Gasteiger partial charge >= 0.3 is 5.97 Å². The molecule has 0 bridgehead atoms. The van der Waals surface area contributed by atoms with Gasteiger partial charge in [0, 0.05) is 0 Å². The average Bonchev–Trinajstić information content (AvgIpc) is 2.79. The highest BCUT2D eigenvalue weighted by atomic mass is 16.4. The molecule has 0 unspecified atom stereocenters. The Morgan fingerprint density at radius 3 is 2.70 bits per heavy atom. The van der Waals surface area contributed by atoms with E-state index in [4.69, 9.17) is 5.11 Å². The van der Waals surface area contributed by atoms with Gasteiger partial charge in [0.1, 0.15) is 12.6 Å². The standard InChI is InChI=1S/C14H17N3O3/c1-9(2)13(14(19)20)16-12(18)7-17-8-15-10-5-3-4-6-11(10)17/h3-6,8-9,13H,7H2,1-2H3,(H,16,18)(H,19,20)/t13-/m1/s1. The van der Waals surface area contributed by atoms with Gasteiger partial charge in [-0.2, -0.15) is 0 Å². The molecule has 0 saturated heterocycles. The van der Waals surface area contributed by atoms with E-state index in [0.717, 1.165) is 11.0 Å². The Labute approximate surface area is 116 Å². The summed E-state index contributed by atoms with van der Waals surface area (Å²) in [5, 5.41) is 11.6. The van der Waals surface area contributed by atoms with Crippen molar-refractivity contribution in [2.75, 3.05) is 0 Å². The molecule has 6 nitrogen and oxygen atoms in total. The van der Waals surface area contributed by atoms with E-state index in [2.05, 4.69) is 10.3 Å². The fourth-order valence-corrected chi connectivity index (χ4v) is 2.02. The Bertz CT molecular complexity index is 633. The van der Waals surface area contributed by atoms with Gasteiger partial charge in [-0.1, -0.05) is 26.0 Å². The number of fused-ring (bicyclic) bond motifs is 1. The van der Waals surface area contributed by atoms with E-state index in [1.807, 2.05) is 24.3 Å². The van der Waals surface area contributed by atoms with Crippen molar-refractivity contribution in [2.45, 2.75) is 26.4 Å². The summed E-state index contributed by atoms with van der Waals surface area (Å²) in [6.45, 7) is 3.56. The zero-order chi connectivity index (χ0) is 14.7. The van der Waals surface area contributed by atoms with E-state index >= 15 is 0 Å². The summed E-state index contributed by atoms with van der Waals surface area (Å²) < 4.78 is 1.70. The molecule has 1 atom stereocenters. The molecule has 1 heterocycles. The van der Waals surface area contributed by atoms with Crippen molar-refractivity contribution < 1.29 is 14.7 Å². The molecule has 1 amide bonds. The lowest BCUT2D eigenvalue weighted by Gasteiger charge is -2.18. The largest absolute Gasteiger partial charge is 0.480 e. The number of carboxylic acid groups (broad SMARTS) is 1. The van der Waals surface area contributed by atoms with E-state index in [-0.39, 0.29) is 18.4 Å². The van der Waals surface area contributed by atoms with Crippen LogP contribution < -0.4 is 5.32 Å². The molecule has 0 aliphatic heterocycles. The van der Waals surface area contributed by atoms with Gasteiger partial charge in [-0.25, -0.2) is 9.78 Å². The van der Waals surface area contributed by atoms with Gasteiger partial charge in [-0.05, 0) is 18.1 Å². The quantitative estimate of drug-likeness (QED) is 0.860. The van der Waals surface area contributed by atoms with Crippen molar-refractivity contribution >= 4 is 22.9 Å². The van der Waals surface area contributed by atoms with E-state index < -0.39 is 12.0 Å². The number of carbonyl (C=O) groups is 2. The van der Waals surface area contributed by atoms with E-state index in [1.165, 1.54) is 0 Å². The van der Waals surface area contributed by atoms with Crippen LogP contribution in [0.25, 0.3) is 11.0 Å². The smallest absolute Gasteiger partial charge is 0.326 e. The summed E-state index contributed by atoms with van der Waals surface area (Å²) in [5.41, 5.74) is 1.65. The maximum Gasteiger partial charge on any atom is 0.326 e. The number of nitrogens with one attached hydrogen (secondary N) is 1. The van der Waals surface area contributed by atoms with Crippen molar-refractivity contribution in [3.8, 4) is 0 Å². The minimum absolute atomic E-state index is 0.0526. The van der Waals surface area contributed by atoms with Gasteiger partial charge in [0.25, 0.3) is 0 Å². The topological polar surface area (TPSA) is 84.2 Å². The minimum Gasteiger partial charge on any atom is -0.480 e. The number of hydrogen-bond acceptors (Lipinski definition) is 3. The highest BCUT2D eigenvalue weighted by molar-refractivity contribution is 5.85. The van der Waals surface area contributed by atoms with Gasteiger partial charge in [-0.15, -0.1) is 0 Å². The van der Waals surface area contributed by atoms with Crippen LogP contribution in [0.4, 0.5) is 0 Å². The van der Waals surface area contributed by atoms with Crippen molar-refractivity contribution in [2.24, 2.45) is 5.92 Å². The highest BCUT2D eigenvalue weighted by Gasteiger charge is 2.23. The van der Waals surface area contributed by atoms with E-state index in [0.29, 0.717) is 0 Å². The number of rotatable bonds is 5. The van der Waals surface area contributed by atoms with Gasteiger partial charge in [0.05, 0.1) is 17.4 Å². The van der Waals surface area contributed by atoms with E-state index in [9.17, 15) is 9.59 Å².